The highest BCUT2D eigenvalue weighted by molar-refractivity contribution is 5.94. The number of hydrogen-bond donors (Lipinski definition) is 2. The molecule has 0 aliphatic carbocycles. The average Bonchev–Trinajstić information content (AvgIpc) is 2.44. The van der Waals surface area contributed by atoms with Crippen molar-refractivity contribution in [2.45, 2.75) is 26.3 Å². The predicted octanol–water partition coefficient (Wildman–Crippen LogP) is 2.08. The van der Waals surface area contributed by atoms with E-state index < -0.39 is 17.9 Å². The van der Waals surface area contributed by atoms with Gasteiger partial charge in [0.25, 0.3) is 0 Å². The molecule has 0 heterocycles. The molecule has 108 valence electrons. The maximum Gasteiger partial charge on any atom is 0.326 e. The zero-order valence-electron chi connectivity index (χ0n) is 11.6. The van der Waals surface area contributed by atoms with Gasteiger partial charge in [0, 0.05) is 6.08 Å². The molecule has 0 saturated heterocycles. The van der Waals surface area contributed by atoms with E-state index in [1.807, 2.05) is 31.2 Å². The Labute approximate surface area is 118 Å². The number of aliphatic carboxylic acids is 1. The molecule has 20 heavy (non-hydrogen) atoms. The van der Waals surface area contributed by atoms with Crippen LogP contribution in [0, 0.1) is 0 Å². The Morgan fingerprint density at radius 3 is 2.45 bits per heavy atom. The second-order valence-electron chi connectivity index (χ2n) is 4.14. The fourth-order valence-electron chi connectivity index (χ4n) is 1.57. The molecule has 0 saturated carbocycles. The number of carbonyl (C=O) groups is 2. The van der Waals surface area contributed by atoms with Gasteiger partial charge in [-0.1, -0.05) is 19.1 Å². The highest BCUT2D eigenvalue weighted by Crippen LogP contribution is 2.12. The number of carbonyl (C=O) groups excluding carboxylic acids is 1. The van der Waals surface area contributed by atoms with Crippen molar-refractivity contribution in [1.82, 2.24) is 5.32 Å². The highest BCUT2D eigenvalue weighted by atomic mass is 16.5. The van der Waals surface area contributed by atoms with Crippen LogP contribution in [0.4, 0.5) is 0 Å². The second-order valence-corrected chi connectivity index (χ2v) is 4.14. The fraction of sp³-hybridized carbons (Fsp3) is 0.333. The van der Waals surface area contributed by atoms with Gasteiger partial charge in [-0.05, 0) is 37.1 Å². The summed E-state index contributed by atoms with van der Waals surface area (Å²) in [4.78, 5) is 22.4. The number of carboxylic acid groups (broad SMARTS) is 1. The molecule has 0 fully saturated rings. The van der Waals surface area contributed by atoms with Gasteiger partial charge in [0.05, 0.1) is 6.61 Å². The standard InChI is InChI=1S/C15H19NO4/c1-3-13(15(18)19)16-14(17)10-7-11-5-8-12(9-6-11)20-4-2/h5-10,13H,3-4H2,1-2H3,(H,16,17)(H,18,19)/b10-7+/t13-/m0/s1. The van der Waals surface area contributed by atoms with Crippen molar-refractivity contribution in [3.8, 4) is 5.75 Å². The van der Waals surface area contributed by atoms with Gasteiger partial charge in [0.15, 0.2) is 0 Å². The summed E-state index contributed by atoms with van der Waals surface area (Å²) in [5.74, 6) is -0.686. The summed E-state index contributed by atoms with van der Waals surface area (Å²) in [6.45, 7) is 4.21. The number of ether oxygens (including phenoxy) is 1. The number of carboxylic acids is 1. The van der Waals surface area contributed by atoms with E-state index in [9.17, 15) is 9.59 Å². The van der Waals surface area contributed by atoms with Crippen LogP contribution in [0.3, 0.4) is 0 Å². The topological polar surface area (TPSA) is 75.6 Å². The van der Waals surface area contributed by atoms with E-state index in [-0.39, 0.29) is 0 Å². The van der Waals surface area contributed by atoms with Crippen molar-refractivity contribution in [2.24, 2.45) is 0 Å². The predicted molar refractivity (Wildman–Crippen MR) is 76.5 cm³/mol. The summed E-state index contributed by atoms with van der Waals surface area (Å²) in [5, 5.41) is 11.3. The molecule has 1 atom stereocenters. The van der Waals surface area contributed by atoms with Crippen LogP contribution in [-0.2, 0) is 9.59 Å². The van der Waals surface area contributed by atoms with Crippen LogP contribution in [-0.4, -0.2) is 29.6 Å². The van der Waals surface area contributed by atoms with Gasteiger partial charge in [-0.3, -0.25) is 4.79 Å². The highest BCUT2D eigenvalue weighted by Gasteiger charge is 2.15. The van der Waals surface area contributed by atoms with E-state index in [4.69, 9.17) is 9.84 Å². The van der Waals surface area contributed by atoms with E-state index in [1.54, 1.807) is 13.0 Å². The first-order chi connectivity index (χ1) is 9.56. The zero-order chi connectivity index (χ0) is 15.0. The van der Waals surface area contributed by atoms with Gasteiger partial charge >= 0.3 is 5.97 Å². The van der Waals surface area contributed by atoms with Gasteiger partial charge < -0.3 is 15.2 Å². The first-order valence-corrected chi connectivity index (χ1v) is 6.51. The minimum absolute atomic E-state index is 0.345. The van der Waals surface area contributed by atoms with Gasteiger partial charge in [-0.25, -0.2) is 4.79 Å². The molecule has 2 N–H and O–H groups in total. The summed E-state index contributed by atoms with van der Waals surface area (Å²) < 4.78 is 5.31. The lowest BCUT2D eigenvalue weighted by molar-refractivity contribution is -0.141. The summed E-state index contributed by atoms with van der Waals surface area (Å²) >= 11 is 0. The lowest BCUT2D eigenvalue weighted by Gasteiger charge is -2.09. The molecule has 0 aliphatic rings. The van der Waals surface area contributed by atoms with Crippen LogP contribution < -0.4 is 10.1 Å². The molecule has 1 rings (SSSR count). The van der Waals surface area contributed by atoms with Crippen molar-refractivity contribution < 1.29 is 19.4 Å². The number of hydrogen-bond acceptors (Lipinski definition) is 3. The Balaban J connectivity index is 2.58. The summed E-state index contributed by atoms with van der Waals surface area (Å²) in [5.41, 5.74) is 0.840. The molecule has 0 unspecified atom stereocenters. The number of rotatable bonds is 7. The average molecular weight is 277 g/mol. The molecule has 0 aromatic heterocycles. The molecule has 5 nitrogen and oxygen atoms in total. The first kappa shape index (κ1) is 15.8. The number of amides is 1. The Hall–Kier alpha value is -2.30. The lowest BCUT2D eigenvalue weighted by Crippen LogP contribution is -2.39. The molecule has 5 heteroatoms. The smallest absolute Gasteiger partial charge is 0.326 e. The summed E-state index contributed by atoms with van der Waals surface area (Å²) in [6, 6.07) is 6.42. The van der Waals surface area contributed by atoms with Gasteiger partial charge in [0.1, 0.15) is 11.8 Å². The molecule has 1 amide bonds. The van der Waals surface area contributed by atoms with Crippen LogP contribution in [0.15, 0.2) is 30.3 Å². The van der Waals surface area contributed by atoms with Gasteiger partial charge in [-0.2, -0.15) is 0 Å². The molecular weight excluding hydrogens is 258 g/mol. The SMILES string of the molecule is CCOc1ccc(/C=C/C(=O)N[C@@H](CC)C(=O)O)cc1. The van der Waals surface area contributed by atoms with Crippen molar-refractivity contribution >= 4 is 18.0 Å². The third kappa shape index (κ3) is 5.14. The Kier molecular flexibility index (Phi) is 6.29. The first-order valence-electron chi connectivity index (χ1n) is 6.51. The summed E-state index contributed by atoms with van der Waals surface area (Å²) in [7, 11) is 0. The third-order valence-electron chi connectivity index (χ3n) is 2.64. The van der Waals surface area contributed by atoms with E-state index >= 15 is 0 Å². The molecule has 0 bridgehead atoms. The maximum atomic E-state index is 11.6. The van der Waals surface area contributed by atoms with Crippen molar-refractivity contribution in [3.05, 3.63) is 35.9 Å². The lowest BCUT2D eigenvalue weighted by atomic mass is 10.2. The minimum atomic E-state index is -1.03. The number of benzene rings is 1. The van der Waals surface area contributed by atoms with E-state index in [2.05, 4.69) is 5.32 Å². The summed E-state index contributed by atoms with van der Waals surface area (Å²) in [6.07, 6.45) is 3.29. The van der Waals surface area contributed by atoms with Gasteiger partial charge in [-0.15, -0.1) is 0 Å². The normalized spacial score (nSPS) is 12.1. The quantitative estimate of drug-likeness (QED) is 0.748. The molecule has 1 aromatic rings. The maximum absolute atomic E-state index is 11.6. The Morgan fingerprint density at radius 1 is 1.30 bits per heavy atom. The Bertz CT molecular complexity index is 479. The van der Waals surface area contributed by atoms with Gasteiger partial charge in [0.2, 0.25) is 5.91 Å². The van der Waals surface area contributed by atoms with Crippen molar-refractivity contribution in [3.63, 3.8) is 0 Å². The van der Waals surface area contributed by atoms with Crippen LogP contribution in [0.25, 0.3) is 6.08 Å². The van der Waals surface area contributed by atoms with Crippen LogP contribution in [0.5, 0.6) is 5.75 Å². The molecule has 0 spiro atoms. The van der Waals surface area contributed by atoms with E-state index in [0.29, 0.717) is 13.0 Å². The molecule has 1 aromatic carbocycles. The van der Waals surface area contributed by atoms with Crippen molar-refractivity contribution in [2.75, 3.05) is 6.61 Å². The van der Waals surface area contributed by atoms with Crippen LogP contribution >= 0.6 is 0 Å². The monoisotopic (exact) mass is 277 g/mol. The second kappa shape index (κ2) is 7.99. The number of nitrogens with one attached hydrogen (secondary N) is 1. The largest absolute Gasteiger partial charge is 0.494 e. The van der Waals surface area contributed by atoms with E-state index in [1.165, 1.54) is 6.08 Å². The fourth-order valence-corrected chi connectivity index (χ4v) is 1.57. The molecule has 0 aliphatic heterocycles. The van der Waals surface area contributed by atoms with Crippen LogP contribution in [0.2, 0.25) is 0 Å². The van der Waals surface area contributed by atoms with Crippen molar-refractivity contribution in [1.29, 1.82) is 0 Å². The molecule has 0 radical (unpaired) electrons. The molecular formula is C15H19NO4. The van der Waals surface area contributed by atoms with Crippen LogP contribution in [0.1, 0.15) is 25.8 Å². The van der Waals surface area contributed by atoms with E-state index in [0.717, 1.165) is 11.3 Å². The third-order valence-corrected chi connectivity index (χ3v) is 2.64. The Morgan fingerprint density at radius 2 is 1.95 bits per heavy atom. The minimum Gasteiger partial charge on any atom is -0.494 e. The zero-order valence-corrected chi connectivity index (χ0v) is 11.6.